The monoisotopic (exact) mass is 176 g/mol. The summed E-state index contributed by atoms with van der Waals surface area (Å²) in [7, 11) is 0. The van der Waals surface area contributed by atoms with E-state index in [0.717, 1.165) is 11.1 Å². The number of anilines is 1. The van der Waals surface area contributed by atoms with Crippen molar-refractivity contribution in [1.82, 2.24) is 4.98 Å². The van der Waals surface area contributed by atoms with Gasteiger partial charge in [0.25, 0.3) is 0 Å². The topological polar surface area (TPSA) is 42.0 Å². The van der Waals surface area contributed by atoms with E-state index in [1.54, 1.807) is 6.20 Å². The van der Waals surface area contributed by atoms with Crippen molar-refractivity contribution in [3.8, 4) is 0 Å². The van der Waals surface area contributed by atoms with E-state index in [4.69, 9.17) is 0 Å². The standard InChI is InChI=1S/C10H12N2O/c1-4-10(13)12-9-5-7(2)8(3)6-11-9/h4-6H,1H2,2-3H3,(H,11,12,13). The highest BCUT2D eigenvalue weighted by atomic mass is 16.1. The molecule has 3 nitrogen and oxygen atoms in total. The number of hydrogen-bond donors (Lipinski definition) is 1. The van der Waals surface area contributed by atoms with Crippen molar-refractivity contribution in [2.75, 3.05) is 5.32 Å². The number of hydrogen-bond acceptors (Lipinski definition) is 2. The van der Waals surface area contributed by atoms with Gasteiger partial charge in [0.1, 0.15) is 5.82 Å². The Kier molecular flexibility index (Phi) is 2.80. The van der Waals surface area contributed by atoms with E-state index in [1.165, 1.54) is 6.08 Å². The first-order valence-corrected chi connectivity index (χ1v) is 4.00. The fourth-order valence-corrected chi connectivity index (χ4v) is 0.870. The molecule has 0 aliphatic heterocycles. The van der Waals surface area contributed by atoms with Gasteiger partial charge in [-0.3, -0.25) is 4.79 Å². The summed E-state index contributed by atoms with van der Waals surface area (Å²) in [5.74, 6) is 0.323. The van der Waals surface area contributed by atoms with Gasteiger partial charge in [-0.2, -0.15) is 0 Å². The Morgan fingerprint density at radius 2 is 2.23 bits per heavy atom. The minimum Gasteiger partial charge on any atom is -0.307 e. The second-order valence-electron chi connectivity index (χ2n) is 2.85. The number of nitrogens with zero attached hydrogens (tertiary/aromatic N) is 1. The van der Waals surface area contributed by atoms with E-state index < -0.39 is 0 Å². The summed E-state index contributed by atoms with van der Waals surface area (Å²) < 4.78 is 0. The number of aromatic nitrogens is 1. The number of rotatable bonds is 2. The summed E-state index contributed by atoms with van der Waals surface area (Å²) in [5, 5.41) is 2.59. The highest BCUT2D eigenvalue weighted by Crippen LogP contribution is 2.10. The number of carbonyl (C=O) groups excluding carboxylic acids is 1. The van der Waals surface area contributed by atoms with Crippen LogP contribution in [-0.4, -0.2) is 10.9 Å². The average molecular weight is 176 g/mol. The number of carbonyl (C=O) groups is 1. The molecule has 13 heavy (non-hydrogen) atoms. The van der Waals surface area contributed by atoms with Crippen molar-refractivity contribution >= 4 is 11.7 Å². The van der Waals surface area contributed by atoms with Gasteiger partial charge in [-0.25, -0.2) is 4.98 Å². The quantitative estimate of drug-likeness (QED) is 0.698. The van der Waals surface area contributed by atoms with Crippen LogP contribution in [0.4, 0.5) is 5.82 Å². The smallest absolute Gasteiger partial charge is 0.248 e. The number of amides is 1. The lowest BCUT2D eigenvalue weighted by molar-refractivity contribution is -0.111. The van der Waals surface area contributed by atoms with Gasteiger partial charge in [0.2, 0.25) is 5.91 Å². The van der Waals surface area contributed by atoms with E-state index in [-0.39, 0.29) is 5.91 Å². The molecule has 0 bridgehead atoms. The molecule has 1 aromatic heterocycles. The van der Waals surface area contributed by atoms with E-state index >= 15 is 0 Å². The van der Waals surface area contributed by atoms with Gasteiger partial charge in [0.05, 0.1) is 0 Å². The number of nitrogens with one attached hydrogen (secondary N) is 1. The second kappa shape index (κ2) is 3.85. The third-order valence-corrected chi connectivity index (χ3v) is 1.81. The van der Waals surface area contributed by atoms with Gasteiger partial charge in [-0.05, 0) is 37.1 Å². The molecule has 0 aliphatic rings. The van der Waals surface area contributed by atoms with Crippen LogP contribution < -0.4 is 5.32 Å². The SMILES string of the molecule is C=CC(=O)Nc1cc(C)c(C)cn1. The molecule has 0 atom stereocenters. The van der Waals surface area contributed by atoms with Gasteiger partial charge >= 0.3 is 0 Å². The molecule has 1 aromatic rings. The van der Waals surface area contributed by atoms with Crippen LogP contribution in [0.25, 0.3) is 0 Å². The summed E-state index contributed by atoms with van der Waals surface area (Å²) in [6.07, 6.45) is 2.95. The van der Waals surface area contributed by atoms with Gasteiger partial charge in [0, 0.05) is 6.20 Å². The van der Waals surface area contributed by atoms with Gasteiger partial charge in [-0.1, -0.05) is 6.58 Å². The molecule has 1 N–H and O–H groups in total. The fraction of sp³-hybridized carbons (Fsp3) is 0.200. The van der Waals surface area contributed by atoms with Crippen LogP contribution in [0.2, 0.25) is 0 Å². The molecule has 1 heterocycles. The van der Waals surface area contributed by atoms with Crippen LogP contribution in [0, 0.1) is 13.8 Å². The number of pyridine rings is 1. The Morgan fingerprint density at radius 1 is 1.54 bits per heavy atom. The first-order chi connectivity index (χ1) is 6.13. The predicted octanol–water partition coefficient (Wildman–Crippen LogP) is 1.82. The van der Waals surface area contributed by atoms with Crippen molar-refractivity contribution in [2.24, 2.45) is 0 Å². The molecule has 0 spiro atoms. The minimum absolute atomic E-state index is 0.240. The summed E-state index contributed by atoms with van der Waals surface area (Å²) in [6, 6.07) is 1.83. The Morgan fingerprint density at radius 3 is 2.77 bits per heavy atom. The molecule has 68 valence electrons. The molecular weight excluding hydrogens is 164 g/mol. The summed E-state index contributed by atoms with van der Waals surface area (Å²) in [6.45, 7) is 7.30. The molecule has 0 aromatic carbocycles. The molecule has 1 amide bonds. The van der Waals surface area contributed by atoms with Crippen LogP contribution in [0.3, 0.4) is 0 Å². The molecule has 3 heteroatoms. The van der Waals surface area contributed by atoms with E-state index in [1.807, 2.05) is 19.9 Å². The zero-order valence-corrected chi connectivity index (χ0v) is 7.79. The van der Waals surface area contributed by atoms with Crippen molar-refractivity contribution in [3.05, 3.63) is 36.0 Å². The lowest BCUT2D eigenvalue weighted by Crippen LogP contribution is -2.08. The molecule has 0 saturated carbocycles. The van der Waals surface area contributed by atoms with Crippen molar-refractivity contribution in [2.45, 2.75) is 13.8 Å². The zero-order valence-electron chi connectivity index (χ0n) is 7.79. The largest absolute Gasteiger partial charge is 0.307 e. The van der Waals surface area contributed by atoms with E-state index in [9.17, 15) is 4.79 Å². The lowest BCUT2D eigenvalue weighted by atomic mass is 10.2. The Bertz CT molecular complexity index is 345. The van der Waals surface area contributed by atoms with Gasteiger partial charge in [-0.15, -0.1) is 0 Å². The Balaban J connectivity index is 2.85. The predicted molar refractivity (Wildman–Crippen MR) is 52.5 cm³/mol. The highest BCUT2D eigenvalue weighted by molar-refractivity contribution is 5.98. The molecular formula is C10H12N2O. The Hall–Kier alpha value is -1.64. The summed E-state index contributed by atoms with van der Waals surface area (Å²) in [4.78, 5) is 15.0. The highest BCUT2D eigenvalue weighted by Gasteiger charge is 1.99. The first-order valence-electron chi connectivity index (χ1n) is 4.00. The normalized spacial score (nSPS) is 9.38. The fourth-order valence-electron chi connectivity index (χ4n) is 0.870. The van der Waals surface area contributed by atoms with Crippen molar-refractivity contribution in [1.29, 1.82) is 0 Å². The third kappa shape index (κ3) is 2.40. The molecule has 0 aliphatic carbocycles. The number of aryl methyl sites for hydroxylation is 2. The van der Waals surface area contributed by atoms with E-state index in [0.29, 0.717) is 5.82 Å². The van der Waals surface area contributed by atoms with Crippen LogP contribution in [-0.2, 0) is 4.79 Å². The van der Waals surface area contributed by atoms with Crippen LogP contribution in [0.15, 0.2) is 24.9 Å². The van der Waals surface area contributed by atoms with Gasteiger partial charge < -0.3 is 5.32 Å². The van der Waals surface area contributed by atoms with E-state index in [2.05, 4.69) is 16.9 Å². The zero-order chi connectivity index (χ0) is 9.84. The summed E-state index contributed by atoms with van der Waals surface area (Å²) >= 11 is 0. The average Bonchev–Trinajstić information content (AvgIpc) is 2.11. The molecule has 0 fully saturated rings. The van der Waals surface area contributed by atoms with Crippen LogP contribution in [0.5, 0.6) is 0 Å². The second-order valence-corrected chi connectivity index (χ2v) is 2.85. The van der Waals surface area contributed by atoms with Crippen molar-refractivity contribution in [3.63, 3.8) is 0 Å². The molecule has 0 unspecified atom stereocenters. The third-order valence-electron chi connectivity index (χ3n) is 1.81. The molecule has 0 saturated heterocycles. The summed E-state index contributed by atoms with van der Waals surface area (Å²) in [5.41, 5.74) is 2.21. The molecule has 0 radical (unpaired) electrons. The maximum atomic E-state index is 10.9. The lowest BCUT2D eigenvalue weighted by Gasteiger charge is -2.03. The van der Waals surface area contributed by atoms with Crippen LogP contribution >= 0.6 is 0 Å². The maximum Gasteiger partial charge on any atom is 0.248 e. The molecule has 1 rings (SSSR count). The minimum atomic E-state index is -0.240. The van der Waals surface area contributed by atoms with Crippen molar-refractivity contribution < 1.29 is 4.79 Å². The first kappa shape index (κ1) is 9.45. The van der Waals surface area contributed by atoms with Gasteiger partial charge in [0.15, 0.2) is 0 Å². The van der Waals surface area contributed by atoms with Crippen LogP contribution in [0.1, 0.15) is 11.1 Å². The Labute approximate surface area is 77.5 Å². The maximum absolute atomic E-state index is 10.9.